The summed E-state index contributed by atoms with van der Waals surface area (Å²) in [6.07, 6.45) is 0.977. The summed E-state index contributed by atoms with van der Waals surface area (Å²) >= 11 is 0. The first-order valence-electron chi connectivity index (χ1n) is 9.25. The Hall–Kier alpha value is -1.45. The fraction of sp³-hybridized carbons (Fsp3) is 0.381. The van der Waals surface area contributed by atoms with Gasteiger partial charge in [0.05, 0.1) is 16.9 Å². The molecule has 0 aromatic heterocycles. The molecule has 2 unspecified atom stereocenters. The highest BCUT2D eigenvalue weighted by Crippen LogP contribution is 2.15. The first-order valence-corrected chi connectivity index (χ1v) is 10.6. The van der Waals surface area contributed by atoms with Crippen molar-refractivity contribution in [2.45, 2.75) is 24.3 Å². The van der Waals surface area contributed by atoms with Crippen molar-refractivity contribution in [2.75, 3.05) is 32.5 Å². The molecular formula is C21H30IN3O2S. The average molecular weight is 515 g/mol. The second-order valence-corrected chi connectivity index (χ2v) is 7.64. The van der Waals surface area contributed by atoms with E-state index >= 15 is 0 Å². The molecular weight excluding hydrogens is 485 g/mol. The van der Waals surface area contributed by atoms with Gasteiger partial charge in [0.15, 0.2) is 5.96 Å². The zero-order valence-electron chi connectivity index (χ0n) is 16.5. The van der Waals surface area contributed by atoms with Crippen molar-refractivity contribution in [1.82, 2.24) is 10.6 Å². The van der Waals surface area contributed by atoms with Crippen molar-refractivity contribution in [1.29, 1.82) is 0 Å². The fourth-order valence-corrected chi connectivity index (χ4v) is 3.52. The minimum Gasteiger partial charge on any atom is -0.374 e. The molecule has 5 nitrogen and oxygen atoms in total. The number of nitrogens with one attached hydrogen (secondary N) is 2. The van der Waals surface area contributed by atoms with Crippen LogP contribution in [-0.2, 0) is 15.5 Å². The van der Waals surface area contributed by atoms with Crippen LogP contribution in [0, 0.1) is 0 Å². The molecule has 2 aromatic rings. The maximum absolute atomic E-state index is 12.2. The van der Waals surface area contributed by atoms with Gasteiger partial charge in [-0.1, -0.05) is 48.5 Å². The van der Waals surface area contributed by atoms with Crippen molar-refractivity contribution in [3.8, 4) is 0 Å². The molecule has 0 saturated heterocycles. The van der Waals surface area contributed by atoms with E-state index in [1.807, 2.05) is 48.5 Å². The lowest BCUT2D eigenvalue weighted by atomic mass is 10.1. The van der Waals surface area contributed by atoms with Crippen LogP contribution in [0.25, 0.3) is 0 Å². The molecule has 0 bridgehead atoms. The van der Waals surface area contributed by atoms with Gasteiger partial charge in [0.25, 0.3) is 0 Å². The van der Waals surface area contributed by atoms with E-state index in [0.29, 0.717) is 18.9 Å². The van der Waals surface area contributed by atoms with E-state index in [0.717, 1.165) is 23.8 Å². The molecule has 2 N–H and O–H groups in total. The summed E-state index contributed by atoms with van der Waals surface area (Å²) in [6.45, 7) is 4.11. The Balaban J connectivity index is 0.00000392. The zero-order chi connectivity index (χ0) is 19.3. The van der Waals surface area contributed by atoms with Crippen LogP contribution in [0.15, 0.2) is 70.6 Å². The highest BCUT2D eigenvalue weighted by Gasteiger charge is 2.05. The molecule has 2 aromatic carbocycles. The molecule has 0 aliphatic carbocycles. The third-order valence-corrected chi connectivity index (χ3v) is 5.43. The Labute approximate surface area is 187 Å². The predicted molar refractivity (Wildman–Crippen MR) is 128 cm³/mol. The van der Waals surface area contributed by atoms with Gasteiger partial charge in [-0.05, 0) is 31.0 Å². The maximum Gasteiger partial charge on any atom is 0.191 e. The molecule has 0 fully saturated rings. The van der Waals surface area contributed by atoms with Gasteiger partial charge in [-0.25, -0.2) is 0 Å². The van der Waals surface area contributed by atoms with Crippen molar-refractivity contribution in [3.63, 3.8) is 0 Å². The Morgan fingerprint density at radius 1 is 1.04 bits per heavy atom. The van der Waals surface area contributed by atoms with E-state index in [2.05, 4.69) is 34.7 Å². The molecule has 0 amide bonds. The summed E-state index contributed by atoms with van der Waals surface area (Å²) < 4.78 is 18.1. The van der Waals surface area contributed by atoms with Crippen molar-refractivity contribution in [2.24, 2.45) is 4.99 Å². The molecule has 0 heterocycles. The number of ether oxygens (including phenoxy) is 1. The molecule has 0 radical (unpaired) electrons. The SMILES string of the molecule is CN=C(NCCCOC(C)c1ccccc1)NCCS(=O)c1ccccc1.I. The van der Waals surface area contributed by atoms with E-state index in [9.17, 15) is 4.21 Å². The minimum absolute atomic E-state index is 0. The zero-order valence-corrected chi connectivity index (χ0v) is 19.6. The van der Waals surface area contributed by atoms with Crippen molar-refractivity contribution in [3.05, 3.63) is 66.2 Å². The summed E-state index contributed by atoms with van der Waals surface area (Å²) in [5.74, 6) is 1.26. The van der Waals surface area contributed by atoms with Crippen molar-refractivity contribution < 1.29 is 8.95 Å². The lowest BCUT2D eigenvalue weighted by Gasteiger charge is -2.14. The lowest BCUT2D eigenvalue weighted by Crippen LogP contribution is -2.39. The van der Waals surface area contributed by atoms with Crippen molar-refractivity contribution >= 4 is 40.7 Å². The van der Waals surface area contributed by atoms with Crippen LogP contribution in [0.3, 0.4) is 0 Å². The molecule has 2 atom stereocenters. The third-order valence-electron chi connectivity index (χ3n) is 4.06. The largest absolute Gasteiger partial charge is 0.374 e. The third kappa shape index (κ3) is 9.16. The first kappa shape index (κ1) is 24.6. The molecule has 0 aliphatic rings. The van der Waals surface area contributed by atoms with E-state index in [-0.39, 0.29) is 30.1 Å². The topological polar surface area (TPSA) is 62.7 Å². The predicted octanol–water partition coefficient (Wildman–Crippen LogP) is 3.75. The Morgan fingerprint density at radius 2 is 1.64 bits per heavy atom. The quantitative estimate of drug-likeness (QED) is 0.219. The van der Waals surface area contributed by atoms with Gasteiger partial charge in [0, 0.05) is 37.4 Å². The number of aliphatic imine (C=N–C) groups is 1. The number of benzene rings is 2. The fourth-order valence-electron chi connectivity index (χ4n) is 2.53. The molecule has 0 aliphatic heterocycles. The number of hydrogen-bond donors (Lipinski definition) is 2. The number of nitrogens with zero attached hydrogens (tertiary/aromatic N) is 1. The van der Waals surface area contributed by atoms with Gasteiger partial charge in [-0.3, -0.25) is 9.20 Å². The monoisotopic (exact) mass is 515 g/mol. The molecule has 154 valence electrons. The lowest BCUT2D eigenvalue weighted by molar-refractivity contribution is 0.0646. The van der Waals surface area contributed by atoms with Crippen LogP contribution >= 0.6 is 24.0 Å². The van der Waals surface area contributed by atoms with Crippen LogP contribution in [0.5, 0.6) is 0 Å². The van der Waals surface area contributed by atoms with E-state index in [1.54, 1.807) is 7.05 Å². The van der Waals surface area contributed by atoms with Gasteiger partial charge >= 0.3 is 0 Å². The van der Waals surface area contributed by atoms with Crippen LogP contribution in [-0.4, -0.2) is 42.7 Å². The van der Waals surface area contributed by atoms with E-state index < -0.39 is 10.8 Å². The average Bonchev–Trinajstić information content (AvgIpc) is 2.73. The van der Waals surface area contributed by atoms with Gasteiger partial charge < -0.3 is 15.4 Å². The smallest absolute Gasteiger partial charge is 0.191 e. The van der Waals surface area contributed by atoms with E-state index in [4.69, 9.17) is 4.74 Å². The van der Waals surface area contributed by atoms with Gasteiger partial charge in [-0.15, -0.1) is 24.0 Å². The van der Waals surface area contributed by atoms with Gasteiger partial charge in [0.1, 0.15) is 0 Å². The summed E-state index contributed by atoms with van der Waals surface area (Å²) in [5.41, 5.74) is 1.19. The summed E-state index contributed by atoms with van der Waals surface area (Å²) in [5, 5.41) is 6.46. The van der Waals surface area contributed by atoms with Crippen LogP contribution in [0.1, 0.15) is 25.0 Å². The first-order chi connectivity index (χ1) is 13.2. The van der Waals surface area contributed by atoms with Gasteiger partial charge in [0.2, 0.25) is 0 Å². The number of rotatable bonds is 10. The summed E-state index contributed by atoms with van der Waals surface area (Å²) in [4.78, 5) is 5.05. The molecule has 7 heteroatoms. The van der Waals surface area contributed by atoms with Gasteiger partial charge in [-0.2, -0.15) is 0 Å². The second-order valence-electron chi connectivity index (χ2n) is 6.07. The van der Waals surface area contributed by atoms with Crippen LogP contribution in [0.4, 0.5) is 0 Å². The Bertz CT molecular complexity index is 714. The Morgan fingerprint density at radius 3 is 2.29 bits per heavy atom. The van der Waals surface area contributed by atoms with Crippen LogP contribution in [0.2, 0.25) is 0 Å². The minimum atomic E-state index is -0.999. The normalized spacial score (nSPS) is 13.3. The highest BCUT2D eigenvalue weighted by molar-refractivity contribution is 14.0. The molecule has 28 heavy (non-hydrogen) atoms. The number of halogens is 1. The summed E-state index contributed by atoms with van der Waals surface area (Å²) in [6, 6.07) is 19.7. The number of hydrogen-bond acceptors (Lipinski definition) is 3. The Kier molecular flexibility index (Phi) is 12.8. The highest BCUT2D eigenvalue weighted by atomic mass is 127. The number of guanidine groups is 1. The molecule has 0 saturated carbocycles. The molecule has 0 spiro atoms. The second kappa shape index (κ2) is 14.5. The van der Waals surface area contributed by atoms with E-state index in [1.165, 1.54) is 5.56 Å². The van der Waals surface area contributed by atoms with Crippen LogP contribution < -0.4 is 10.6 Å². The molecule has 2 rings (SSSR count). The maximum atomic E-state index is 12.2. The standard InChI is InChI=1S/C21H29N3O2S.HI/c1-18(19-10-5-3-6-11-19)26-16-9-14-23-21(22-2)24-15-17-27(25)20-12-7-4-8-13-20;/h3-8,10-13,18H,9,14-17H2,1-2H3,(H2,22,23,24);1H. The summed E-state index contributed by atoms with van der Waals surface area (Å²) in [7, 11) is 0.734.